The summed E-state index contributed by atoms with van der Waals surface area (Å²) in [6, 6.07) is 0. The Kier molecular flexibility index (Phi) is 5.61. The van der Waals surface area contributed by atoms with Crippen molar-refractivity contribution in [3.8, 4) is 0 Å². The van der Waals surface area contributed by atoms with Crippen molar-refractivity contribution in [3.63, 3.8) is 0 Å². The quantitative estimate of drug-likeness (QED) is 0.549. The molecule has 0 rings (SSSR count). The lowest BCUT2D eigenvalue weighted by molar-refractivity contribution is -0.151. The van der Waals surface area contributed by atoms with Gasteiger partial charge in [-0.05, 0) is 13.8 Å². The van der Waals surface area contributed by atoms with Gasteiger partial charge in [0, 0.05) is 6.61 Å². The van der Waals surface area contributed by atoms with Gasteiger partial charge in [0.15, 0.2) is 6.10 Å². The highest BCUT2D eigenvalue weighted by Crippen LogP contribution is 1.92. The first kappa shape index (κ1) is 11.4. The summed E-state index contributed by atoms with van der Waals surface area (Å²) < 4.78 is 9.80. The molecule has 0 spiro atoms. The van der Waals surface area contributed by atoms with E-state index in [0.29, 0.717) is 6.61 Å². The summed E-state index contributed by atoms with van der Waals surface area (Å²) in [4.78, 5) is 10.3. The van der Waals surface area contributed by atoms with E-state index in [1.165, 1.54) is 6.92 Å². The summed E-state index contributed by atoms with van der Waals surface area (Å²) in [5, 5.41) is 8.42. The van der Waals surface area contributed by atoms with Gasteiger partial charge in [-0.15, -0.1) is 0 Å². The van der Waals surface area contributed by atoms with Crippen LogP contribution >= 0.6 is 0 Å². The minimum absolute atomic E-state index is 0.0985. The van der Waals surface area contributed by atoms with E-state index in [0.717, 1.165) is 0 Å². The number of carbonyl (C=O) groups is 1. The molecule has 0 aliphatic carbocycles. The maximum atomic E-state index is 10.3. The monoisotopic (exact) mass is 177 g/mol. The fourth-order valence-electron chi connectivity index (χ4n) is 0.573. The van der Waals surface area contributed by atoms with Crippen molar-refractivity contribution in [2.45, 2.75) is 26.2 Å². The van der Waals surface area contributed by atoms with E-state index in [4.69, 9.17) is 20.3 Å². The van der Waals surface area contributed by atoms with Crippen LogP contribution in [0.25, 0.3) is 0 Å². The lowest BCUT2D eigenvalue weighted by Crippen LogP contribution is -2.33. The lowest BCUT2D eigenvalue weighted by atomic mass is 10.4. The average molecular weight is 177 g/mol. The van der Waals surface area contributed by atoms with Crippen molar-refractivity contribution in [1.29, 1.82) is 0 Å². The van der Waals surface area contributed by atoms with Crippen LogP contribution in [-0.4, -0.2) is 36.6 Å². The van der Waals surface area contributed by atoms with Crippen molar-refractivity contribution in [3.05, 3.63) is 0 Å². The molecule has 2 atom stereocenters. The summed E-state index contributed by atoms with van der Waals surface area (Å²) in [5.41, 5.74) is 5.39. The molecule has 0 heterocycles. The SMILES string of the molecule is CCOC(N)COC(C)C(=O)O. The first-order valence-electron chi connectivity index (χ1n) is 3.79. The summed E-state index contributed by atoms with van der Waals surface area (Å²) in [6.45, 7) is 3.84. The van der Waals surface area contributed by atoms with Gasteiger partial charge >= 0.3 is 5.97 Å². The van der Waals surface area contributed by atoms with E-state index >= 15 is 0 Å². The zero-order valence-corrected chi connectivity index (χ0v) is 7.32. The minimum atomic E-state index is -1.00. The van der Waals surface area contributed by atoms with E-state index in [9.17, 15) is 4.79 Å². The molecule has 0 fully saturated rings. The van der Waals surface area contributed by atoms with Crippen LogP contribution in [0, 0.1) is 0 Å². The van der Waals surface area contributed by atoms with Crippen molar-refractivity contribution in [2.75, 3.05) is 13.2 Å². The molecule has 0 aromatic rings. The molecule has 2 unspecified atom stereocenters. The number of carboxylic acid groups (broad SMARTS) is 1. The van der Waals surface area contributed by atoms with Crippen LogP contribution in [0.4, 0.5) is 0 Å². The van der Waals surface area contributed by atoms with Gasteiger partial charge in [-0.1, -0.05) is 0 Å². The van der Waals surface area contributed by atoms with Crippen LogP contribution in [0.5, 0.6) is 0 Å². The lowest BCUT2D eigenvalue weighted by Gasteiger charge is -2.13. The van der Waals surface area contributed by atoms with Crippen molar-refractivity contribution < 1.29 is 19.4 Å². The normalized spacial score (nSPS) is 15.6. The molecular weight excluding hydrogens is 162 g/mol. The molecule has 3 N–H and O–H groups in total. The standard InChI is InChI=1S/C7H15NO4/c1-3-11-6(8)4-12-5(2)7(9)10/h5-6H,3-4,8H2,1-2H3,(H,9,10). The van der Waals surface area contributed by atoms with Gasteiger partial charge in [0.05, 0.1) is 6.61 Å². The third-order valence-electron chi connectivity index (χ3n) is 1.24. The Bertz CT molecular complexity index is 139. The zero-order valence-electron chi connectivity index (χ0n) is 7.32. The Morgan fingerprint density at radius 3 is 2.58 bits per heavy atom. The molecule has 0 radical (unpaired) electrons. The fourth-order valence-corrected chi connectivity index (χ4v) is 0.573. The number of hydrogen-bond donors (Lipinski definition) is 2. The number of rotatable bonds is 6. The maximum absolute atomic E-state index is 10.3. The number of carboxylic acids is 1. The smallest absolute Gasteiger partial charge is 0.332 e. The van der Waals surface area contributed by atoms with Gasteiger partial charge in [0.25, 0.3) is 0 Å². The zero-order chi connectivity index (χ0) is 9.56. The average Bonchev–Trinajstić information content (AvgIpc) is 2.00. The second-order valence-electron chi connectivity index (χ2n) is 2.31. The molecule has 0 amide bonds. The van der Waals surface area contributed by atoms with E-state index < -0.39 is 18.3 Å². The largest absolute Gasteiger partial charge is 0.479 e. The molecule has 0 bridgehead atoms. The second-order valence-corrected chi connectivity index (χ2v) is 2.31. The van der Waals surface area contributed by atoms with Crippen molar-refractivity contribution in [1.82, 2.24) is 0 Å². The molecule has 0 saturated carbocycles. The van der Waals surface area contributed by atoms with Gasteiger partial charge in [0.1, 0.15) is 6.23 Å². The van der Waals surface area contributed by atoms with Crippen molar-refractivity contribution >= 4 is 5.97 Å². The third-order valence-corrected chi connectivity index (χ3v) is 1.24. The molecule has 5 nitrogen and oxygen atoms in total. The van der Waals surface area contributed by atoms with Gasteiger partial charge in [-0.25, -0.2) is 4.79 Å². The Balaban J connectivity index is 3.46. The number of hydrogen-bond acceptors (Lipinski definition) is 4. The molecular formula is C7H15NO4. The topological polar surface area (TPSA) is 81.8 Å². The van der Waals surface area contributed by atoms with Crippen LogP contribution < -0.4 is 5.73 Å². The van der Waals surface area contributed by atoms with Gasteiger partial charge < -0.3 is 20.3 Å². The Labute approximate surface area is 71.5 Å². The minimum Gasteiger partial charge on any atom is -0.479 e. The highest BCUT2D eigenvalue weighted by Gasteiger charge is 2.12. The molecule has 0 aromatic heterocycles. The Morgan fingerprint density at radius 1 is 1.58 bits per heavy atom. The van der Waals surface area contributed by atoms with E-state index in [-0.39, 0.29) is 6.61 Å². The molecule has 0 aliphatic rings. The summed E-state index contributed by atoms with van der Waals surface area (Å²) in [7, 11) is 0. The first-order valence-corrected chi connectivity index (χ1v) is 3.79. The second kappa shape index (κ2) is 5.93. The van der Waals surface area contributed by atoms with Crippen LogP contribution in [0.2, 0.25) is 0 Å². The Hall–Kier alpha value is -0.650. The number of ether oxygens (including phenoxy) is 2. The van der Waals surface area contributed by atoms with Crippen LogP contribution in [-0.2, 0) is 14.3 Å². The predicted molar refractivity (Wildman–Crippen MR) is 42.7 cm³/mol. The molecule has 12 heavy (non-hydrogen) atoms. The van der Waals surface area contributed by atoms with Crippen LogP contribution in [0.3, 0.4) is 0 Å². The van der Waals surface area contributed by atoms with Crippen LogP contribution in [0.1, 0.15) is 13.8 Å². The highest BCUT2D eigenvalue weighted by atomic mass is 16.6. The molecule has 5 heteroatoms. The number of aliphatic carboxylic acids is 1. The summed E-state index contributed by atoms with van der Waals surface area (Å²) in [6.07, 6.45) is -1.38. The van der Waals surface area contributed by atoms with Crippen molar-refractivity contribution in [2.24, 2.45) is 5.73 Å². The molecule has 0 saturated heterocycles. The van der Waals surface area contributed by atoms with Gasteiger partial charge in [0.2, 0.25) is 0 Å². The summed E-state index contributed by atoms with van der Waals surface area (Å²) >= 11 is 0. The van der Waals surface area contributed by atoms with Gasteiger partial charge in [-0.3, -0.25) is 0 Å². The molecule has 0 aromatic carbocycles. The molecule has 72 valence electrons. The Morgan fingerprint density at radius 2 is 2.17 bits per heavy atom. The van der Waals surface area contributed by atoms with Crippen LogP contribution in [0.15, 0.2) is 0 Å². The van der Waals surface area contributed by atoms with E-state index in [1.807, 2.05) is 0 Å². The maximum Gasteiger partial charge on any atom is 0.332 e. The molecule has 0 aliphatic heterocycles. The van der Waals surface area contributed by atoms with Gasteiger partial charge in [-0.2, -0.15) is 0 Å². The van der Waals surface area contributed by atoms with E-state index in [1.54, 1.807) is 6.92 Å². The first-order chi connectivity index (χ1) is 5.57. The van der Waals surface area contributed by atoms with E-state index in [2.05, 4.69) is 0 Å². The number of nitrogens with two attached hydrogens (primary N) is 1. The highest BCUT2D eigenvalue weighted by molar-refractivity contribution is 5.71. The predicted octanol–water partition coefficient (Wildman–Crippen LogP) is -0.203. The fraction of sp³-hybridized carbons (Fsp3) is 0.857. The third kappa shape index (κ3) is 5.06. The summed E-state index contributed by atoms with van der Waals surface area (Å²) in [5.74, 6) is -1.00.